The van der Waals surface area contributed by atoms with Crippen molar-refractivity contribution in [3.8, 4) is 0 Å². The van der Waals surface area contributed by atoms with Crippen LogP contribution >= 0.6 is 24.0 Å². The molecule has 0 bridgehead atoms. The molecule has 1 aliphatic rings. The minimum absolute atomic E-state index is 0. The number of hydrogen-bond acceptors (Lipinski definition) is 2. The highest BCUT2D eigenvalue weighted by molar-refractivity contribution is 14.0. The first-order chi connectivity index (χ1) is 10.1. The molecule has 1 fully saturated rings. The highest BCUT2D eigenvalue weighted by Crippen LogP contribution is 2.24. The second kappa shape index (κ2) is 9.92. The topological polar surface area (TPSA) is 62.4 Å². The standard InChI is InChI=1S/C17H28N4.HI/c1-13(2)16(21-15-9-4-3-5-10-15)12-20-17(18)19-11-14-7-6-8-14;/h3-5,9-10,13-14,16,21H,6-8,11-12H2,1-2H3,(H3,18,19,20);1H. The monoisotopic (exact) mass is 416 g/mol. The highest BCUT2D eigenvalue weighted by Gasteiger charge is 2.17. The minimum atomic E-state index is 0. The lowest BCUT2D eigenvalue weighted by molar-refractivity contribution is 0.315. The zero-order valence-corrected chi connectivity index (χ0v) is 15.9. The molecule has 0 radical (unpaired) electrons. The summed E-state index contributed by atoms with van der Waals surface area (Å²) in [6.45, 7) is 6.06. The second-order valence-electron chi connectivity index (χ2n) is 6.26. The van der Waals surface area contributed by atoms with Gasteiger partial charge in [-0.1, -0.05) is 38.5 Å². The third-order valence-corrected chi connectivity index (χ3v) is 4.19. The minimum Gasteiger partial charge on any atom is -0.380 e. The number of nitrogens with two attached hydrogens (primary N) is 1. The summed E-state index contributed by atoms with van der Waals surface area (Å²) in [5, 5.41) is 6.77. The molecule has 4 N–H and O–H groups in total. The molecular weight excluding hydrogens is 387 g/mol. The molecule has 1 aliphatic carbocycles. The van der Waals surface area contributed by atoms with Gasteiger partial charge in [-0.05, 0) is 36.8 Å². The Labute approximate surface area is 151 Å². The number of rotatable bonds is 7. The Balaban J connectivity index is 0.00000242. The van der Waals surface area contributed by atoms with Crippen molar-refractivity contribution < 1.29 is 0 Å². The van der Waals surface area contributed by atoms with Gasteiger partial charge in [0, 0.05) is 18.3 Å². The molecule has 4 nitrogen and oxygen atoms in total. The maximum Gasteiger partial charge on any atom is 0.188 e. The normalized spacial score (nSPS) is 16.6. The van der Waals surface area contributed by atoms with E-state index in [2.05, 4.69) is 41.6 Å². The van der Waals surface area contributed by atoms with Gasteiger partial charge in [0.25, 0.3) is 0 Å². The average molecular weight is 416 g/mol. The van der Waals surface area contributed by atoms with E-state index in [1.54, 1.807) is 0 Å². The van der Waals surface area contributed by atoms with Crippen LogP contribution in [0.5, 0.6) is 0 Å². The molecule has 0 spiro atoms. The third kappa shape index (κ3) is 6.42. The molecule has 0 heterocycles. The molecule has 1 aromatic carbocycles. The van der Waals surface area contributed by atoms with Crippen molar-refractivity contribution >= 4 is 35.6 Å². The van der Waals surface area contributed by atoms with Gasteiger partial charge in [-0.2, -0.15) is 0 Å². The predicted molar refractivity (Wildman–Crippen MR) is 106 cm³/mol. The Bertz CT molecular complexity index is 443. The van der Waals surface area contributed by atoms with Gasteiger partial charge in [-0.25, -0.2) is 0 Å². The maximum atomic E-state index is 5.95. The zero-order valence-electron chi connectivity index (χ0n) is 13.6. The predicted octanol–water partition coefficient (Wildman–Crippen LogP) is 3.45. The fraction of sp³-hybridized carbons (Fsp3) is 0.588. The zero-order chi connectivity index (χ0) is 15.1. The van der Waals surface area contributed by atoms with Crippen LogP contribution in [0, 0.1) is 11.8 Å². The van der Waals surface area contributed by atoms with Crippen LogP contribution in [0.2, 0.25) is 0 Å². The fourth-order valence-corrected chi connectivity index (χ4v) is 2.37. The fourth-order valence-electron chi connectivity index (χ4n) is 2.37. The van der Waals surface area contributed by atoms with Crippen LogP contribution in [0.25, 0.3) is 0 Å². The van der Waals surface area contributed by atoms with Crippen LogP contribution in [0.15, 0.2) is 35.3 Å². The van der Waals surface area contributed by atoms with Crippen molar-refractivity contribution in [1.29, 1.82) is 0 Å². The van der Waals surface area contributed by atoms with E-state index in [1.807, 2.05) is 18.2 Å². The van der Waals surface area contributed by atoms with Gasteiger partial charge < -0.3 is 16.4 Å². The first-order valence-corrected chi connectivity index (χ1v) is 8.00. The Kier molecular flexibility index (Phi) is 8.60. The smallest absolute Gasteiger partial charge is 0.188 e. The van der Waals surface area contributed by atoms with Crippen molar-refractivity contribution in [2.24, 2.45) is 22.6 Å². The highest BCUT2D eigenvalue weighted by atomic mass is 127. The number of halogens is 1. The van der Waals surface area contributed by atoms with Gasteiger partial charge in [-0.15, -0.1) is 24.0 Å². The number of anilines is 1. The van der Waals surface area contributed by atoms with E-state index in [9.17, 15) is 0 Å². The largest absolute Gasteiger partial charge is 0.380 e. The lowest BCUT2D eigenvalue weighted by Gasteiger charge is -2.26. The summed E-state index contributed by atoms with van der Waals surface area (Å²) in [6.07, 6.45) is 4.01. The van der Waals surface area contributed by atoms with Crippen LogP contribution in [-0.4, -0.2) is 25.1 Å². The van der Waals surface area contributed by atoms with Gasteiger partial charge in [0.15, 0.2) is 5.96 Å². The van der Waals surface area contributed by atoms with Crippen molar-refractivity contribution in [2.45, 2.75) is 39.2 Å². The molecule has 1 aromatic rings. The second-order valence-corrected chi connectivity index (χ2v) is 6.26. The van der Waals surface area contributed by atoms with Gasteiger partial charge in [-0.3, -0.25) is 4.99 Å². The van der Waals surface area contributed by atoms with Crippen molar-refractivity contribution in [3.63, 3.8) is 0 Å². The number of aliphatic imine (C=N–C) groups is 1. The van der Waals surface area contributed by atoms with E-state index < -0.39 is 0 Å². The molecule has 22 heavy (non-hydrogen) atoms. The molecule has 0 saturated heterocycles. The summed E-state index contributed by atoms with van der Waals surface area (Å²) in [5.74, 6) is 1.86. The van der Waals surface area contributed by atoms with Crippen molar-refractivity contribution in [1.82, 2.24) is 5.32 Å². The molecule has 2 rings (SSSR count). The molecule has 1 atom stereocenters. The summed E-state index contributed by atoms with van der Waals surface area (Å²) in [7, 11) is 0. The summed E-state index contributed by atoms with van der Waals surface area (Å²) in [5.41, 5.74) is 7.09. The van der Waals surface area contributed by atoms with Crippen LogP contribution in [0.3, 0.4) is 0 Å². The molecular formula is C17H29IN4. The number of hydrogen-bond donors (Lipinski definition) is 3. The van der Waals surface area contributed by atoms with Crippen molar-refractivity contribution in [2.75, 3.05) is 18.4 Å². The Morgan fingerprint density at radius 3 is 2.50 bits per heavy atom. The average Bonchev–Trinajstić information content (AvgIpc) is 2.42. The lowest BCUT2D eigenvalue weighted by Crippen LogP contribution is -2.38. The van der Waals surface area contributed by atoms with Crippen LogP contribution in [0.4, 0.5) is 5.69 Å². The van der Waals surface area contributed by atoms with E-state index in [0.717, 1.165) is 18.2 Å². The summed E-state index contributed by atoms with van der Waals surface area (Å²) < 4.78 is 0. The summed E-state index contributed by atoms with van der Waals surface area (Å²) >= 11 is 0. The number of nitrogens with zero attached hydrogens (tertiary/aromatic N) is 1. The Hall–Kier alpha value is -0.980. The summed E-state index contributed by atoms with van der Waals surface area (Å²) in [6, 6.07) is 10.6. The maximum absolute atomic E-state index is 5.95. The molecule has 1 saturated carbocycles. The molecule has 0 aromatic heterocycles. The first kappa shape index (κ1) is 19.1. The number of nitrogens with one attached hydrogen (secondary N) is 2. The van der Waals surface area contributed by atoms with Crippen LogP contribution in [-0.2, 0) is 0 Å². The molecule has 1 unspecified atom stereocenters. The van der Waals surface area contributed by atoms with Crippen LogP contribution in [0.1, 0.15) is 33.1 Å². The van der Waals surface area contributed by atoms with Gasteiger partial charge in [0.2, 0.25) is 0 Å². The Morgan fingerprint density at radius 1 is 1.27 bits per heavy atom. The quantitative estimate of drug-likeness (QED) is 0.363. The molecule has 5 heteroatoms. The number of guanidine groups is 1. The van der Waals surface area contributed by atoms with E-state index in [1.165, 1.54) is 19.3 Å². The van der Waals surface area contributed by atoms with E-state index >= 15 is 0 Å². The lowest BCUT2D eigenvalue weighted by atomic mass is 9.85. The van der Waals surface area contributed by atoms with E-state index in [4.69, 9.17) is 5.73 Å². The first-order valence-electron chi connectivity index (χ1n) is 8.00. The van der Waals surface area contributed by atoms with Gasteiger partial charge >= 0.3 is 0 Å². The number of para-hydroxylation sites is 1. The Morgan fingerprint density at radius 2 is 1.95 bits per heavy atom. The summed E-state index contributed by atoms with van der Waals surface area (Å²) in [4.78, 5) is 4.49. The van der Waals surface area contributed by atoms with Gasteiger partial charge in [0.1, 0.15) is 0 Å². The molecule has 0 amide bonds. The van der Waals surface area contributed by atoms with Gasteiger partial charge in [0.05, 0.1) is 6.54 Å². The van der Waals surface area contributed by atoms with Crippen molar-refractivity contribution in [3.05, 3.63) is 30.3 Å². The number of benzene rings is 1. The molecule has 124 valence electrons. The molecule has 0 aliphatic heterocycles. The van der Waals surface area contributed by atoms with Crippen LogP contribution < -0.4 is 16.4 Å². The SMILES string of the molecule is CC(C)C(CN=C(N)NCC1CCC1)Nc1ccccc1.I. The third-order valence-electron chi connectivity index (χ3n) is 4.19. The van der Waals surface area contributed by atoms with E-state index in [0.29, 0.717) is 18.4 Å². The van der Waals surface area contributed by atoms with E-state index in [-0.39, 0.29) is 30.0 Å².